The maximum absolute atomic E-state index is 3.48. The first-order chi connectivity index (χ1) is 7.83. The zero-order valence-corrected chi connectivity index (χ0v) is 12.4. The monoisotopic (exact) mass is 288 g/mol. The summed E-state index contributed by atoms with van der Waals surface area (Å²) in [6, 6.07) is 9.03. The summed E-state index contributed by atoms with van der Waals surface area (Å²) in [5.74, 6) is 0. The topological polar surface area (TPSA) is 15.3 Å². The Kier molecular flexibility index (Phi) is 5.47. The van der Waals surface area contributed by atoms with E-state index < -0.39 is 0 Å². The maximum atomic E-state index is 3.48. The van der Waals surface area contributed by atoms with Crippen molar-refractivity contribution in [2.45, 2.75) is 24.8 Å². The zero-order chi connectivity index (χ0) is 11.0. The van der Waals surface area contributed by atoms with Gasteiger partial charge in [-0.15, -0.1) is 24.8 Å². The van der Waals surface area contributed by atoms with E-state index in [1.165, 1.54) is 25.8 Å². The minimum absolute atomic E-state index is 0. The molecule has 0 aliphatic carbocycles. The van der Waals surface area contributed by atoms with Gasteiger partial charge in [-0.05, 0) is 50.5 Å². The van der Waals surface area contributed by atoms with E-state index in [1.807, 2.05) is 0 Å². The fourth-order valence-corrected chi connectivity index (χ4v) is 3.39. The molecule has 1 fully saturated rings. The number of hydrogen-bond donors (Lipinski definition) is 1. The average Bonchev–Trinajstić information content (AvgIpc) is 2.36. The first-order valence-corrected chi connectivity index (χ1v) is 6.33. The largest absolute Gasteiger partial charge is 0.317 e. The number of rotatable bonds is 0. The molecule has 2 heterocycles. The van der Waals surface area contributed by atoms with Crippen molar-refractivity contribution in [3.63, 3.8) is 0 Å². The van der Waals surface area contributed by atoms with Crippen molar-refractivity contribution < 1.29 is 0 Å². The number of halogens is 2. The molecule has 0 amide bonds. The SMILES string of the molecule is CN1CCc2ccccc2C12CCNCC2.Cl.Cl. The Hall–Kier alpha value is -0.280. The van der Waals surface area contributed by atoms with Crippen molar-refractivity contribution in [1.82, 2.24) is 10.2 Å². The van der Waals surface area contributed by atoms with Gasteiger partial charge in [0.15, 0.2) is 0 Å². The Balaban J connectivity index is 0.000000810. The number of nitrogens with zero attached hydrogens (tertiary/aromatic N) is 1. The second-order valence-corrected chi connectivity index (χ2v) is 5.11. The molecule has 0 bridgehead atoms. The molecule has 4 heteroatoms. The third-order valence-corrected chi connectivity index (χ3v) is 4.40. The number of nitrogens with one attached hydrogen (secondary N) is 1. The highest BCUT2D eigenvalue weighted by atomic mass is 35.5. The van der Waals surface area contributed by atoms with Crippen LogP contribution >= 0.6 is 24.8 Å². The molecule has 2 aliphatic heterocycles. The lowest BCUT2D eigenvalue weighted by Crippen LogP contribution is -2.53. The van der Waals surface area contributed by atoms with E-state index in [-0.39, 0.29) is 24.8 Å². The van der Waals surface area contributed by atoms with Crippen LogP contribution in [0.25, 0.3) is 0 Å². The van der Waals surface area contributed by atoms with Gasteiger partial charge in [0, 0.05) is 12.1 Å². The van der Waals surface area contributed by atoms with Crippen LogP contribution in [-0.4, -0.2) is 31.6 Å². The summed E-state index contributed by atoms with van der Waals surface area (Å²) in [5, 5.41) is 3.48. The number of hydrogen-bond acceptors (Lipinski definition) is 2. The molecule has 1 aromatic carbocycles. The average molecular weight is 289 g/mol. The number of fused-ring (bicyclic) bond motifs is 2. The van der Waals surface area contributed by atoms with Crippen LogP contribution in [0.2, 0.25) is 0 Å². The van der Waals surface area contributed by atoms with Gasteiger partial charge < -0.3 is 5.32 Å². The van der Waals surface area contributed by atoms with Crippen molar-refractivity contribution in [2.75, 3.05) is 26.7 Å². The first kappa shape index (κ1) is 15.8. The smallest absolute Gasteiger partial charge is 0.0484 e. The van der Waals surface area contributed by atoms with Crippen LogP contribution in [0.1, 0.15) is 24.0 Å². The number of benzene rings is 1. The van der Waals surface area contributed by atoms with Crippen LogP contribution in [0.3, 0.4) is 0 Å². The highest BCUT2D eigenvalue weighted by molar-refractivity contribution is 5.85. The van der Waals surface area contributed by atoms with Gasteiger partial charge in [-0.2, -0.15) is 0 Å². The van der Waals surface area contributed by atoms with Gasteiger partial charge in [-0.25, -0.2) is 0 Å². The summed E-state index contributed by atoms with van der Waals surface area (Å²) in [6.07, 6.45) is 3.71. The molecule has 1 N–H and O–H groups in total. The van der Waals surface area contributed by atoms with E-state index in [0.717, 1.165) is 13.1 Å². The van der Waals surface area contributed by atoms with Crippen LogP contribution in [0.15, 0.2) is 24.3 Å². The lowest BCUT2D eigenvalue weighted by molar-refractivity contribution is 0.0691. The third-order valence-electron chi connectivity index (χ3n) is 4.40. The predicted octanol–water partition coefficient (Wildman–Crippen LogP) is 2.60. The van der Waals surface area contributed by atoms with E-state index >= 15 is 0 Å². The van der Waals surface area contributed by atoms with E-state index in [4.69, 9.17) is 0 Å². The van der Waals surface area contributed by atoms with Gasteiger partial charge in [0.05, 0.1) is 0 Å². The Morgan fingerprint density at radius 3 is 2.50 bits per heavy atom. The molecule has 2 nitrogen and oxygen atoms in total. The summed E-state index contributed by atoms with van der Waals surface area (Å²) >= 11 is 0. The Morgan fingerprint density at radius 1 is 1.11 bits per heavy atom. The van der Waals surface area contributed by atoms with Gasteiger partial charge in [0.25, 0.3) is 0 Å². The normalized spacial score (nSPS) is 21.6. The number of likely N-dealkylation sites (N-methyl/N-ethyl adjacent to an activating group) is 1. The summed E-state index contributed by atoms with van der Waals surface area (Å²) in [7, 11) is 2.29. The molecule has 0 aromatic heterocycles. The minimum atomic E-state index is 0. The van der Waals surface area contributed by atoms with Crippen molar-refractivity contribution in [1.29, 1.82) is 0 Å². The third kappa shape index (κ3) is 2.39. The molecule has 2 aliphatic rings. The molecule has 102 valence electrons. The fraction of sp³-hybridized carbons (Fsp3) is 0.571. The van der Waals surface area contributed by atoms with Crippen molar-refractivity contribution in [3.8, 4) is 0 Å². The van der Waals surface area contributed by atoms with Crippen molar-refractivity contribution >= 4 is 24.8 Å². The van der Waals surface area contributed by atoms with E-state index in [0.29, 0.717) is 5.54 Å². The molecule has 1 aromatic rings. The van der Waals surface area contributed by atoms with Crippen LogP contribution < -0.4 is 5.32 Å². The van der Waals surface area contributed by atoms with E-state index in [1.54, 1.807) is 11.1 Å². The van der Waals surface area contributed by atoms with Gasteiger partial charge in [-0.3, -0.25) is 4.90 Å². The van der Waals surface area contributed by atoms with E-state index in [2.05, 4.69) is 41.5 Å². The summed E-state index contributed by atoms with van der Waals surface area (Å²) in [6.45, 7) is 3.51. The molecule has 0 saturated carbocycles. The molecular formula is C14H22Cl2N2. The van der Waals surface area contributed by atoms with Crippen molar-refractivity contribution in [2.24, 2.45) is 0 Å². The fourth-order valence-electron chi connectivity index (χ4n) is 3.39. The van der Waals surface area contributed by atoms with Gasteiger partial charge in [0.1, 0.15) is 0 Å². The minimum Gasteiger partial charge on any atom is -0.317 e. The van der Waals surface area contributed by atoms with Crippen LogP contribution in [0.5, 0.6) is 0 Å². The molecule has 0 unspecified atom stereocenters. The zero-order valence-electron chi connectivity index (χ0n) is 10.8. The molecule has 1 spiro atoms. The highest BCUT2D eigenvalue weighted by Crippen LogP contribution is 2.40. The molecular weight excluding hydrogens is 267 g/mol. The lowest BCUT2D eigenvalue weighted by Gasteiger charge is -2.49. The van der Waals surface area contributed by atoms with Gasteiger partial charge >= 0.3 is 0 Å². The Morgan fingerprint density at radius 2 is 1.78 bits per heavy atom. The van der Waals surface area contributed by atoms with Crippen molar-refractivity contribution in [3.05, 3.63) is 35.4 Å². The maximum Gasteiger partial charge on any atom is 0.0484 e. The van der Waals surface area contributed by atoms with E-state index in [9.17, 15) is 0 Å². The second kappa shape index (κ2) is 6.25. The summed E-state index contributed by atoms with van der Waals surface area (Å²) in [5.41, 5.74) is 3.48. The van der Waals surface area contributed by atoms with Gasteiger partial charge in [-0.1, -0.05) is 24.3 Å². The van der Waals surface area contributed by atoms with Crippen LogP contribution in [-0.2, 0) is 12.0 Å². The Labute approximate surface area is 122 Å². The van der Waals surface area contributed by atoms with Gasteiger partial charge in [0.2, 0.25) is 0 Å². The van der Waals surface area contributed by atoms with Crippen LogP contribution in [0.4, 0.5) is 0 Å². The predicted molar refractivity (Wildman–Crippen MR) is 81.1 cm³/mol. The molecule has 3 rings (SSSR count). The summed E-state index contributed by atoms with van der Waals surface area (Å²) in [4.78, 5) is 2.58. The molecule has 1 saturated heterocycles. The number of piperidine rings is 1. The standard InChI is InChI=1S/C14H20N2.2ClH/c1-16-11-6-12-4-2-3-5-13(12)14(16)7-9-15-10-8-14;;/h2-5,15H,6-11H2,1H3;2*1H. The lowest BCUT2D eigenvalue weighted by atomic mass is 9.75. The molecule has 0 radical (unpaired) electrons. The first-order valence-electron chi connectivity index (χ1n) is 6.33. The quantitative estimate of drug-likeness (QED) is 0.790. The molecule has 18 heavy (non-hydrogen) atoms. The Bertz CT molecular complexity index is 389. The second-order valence-electron chi connectivity index (χ2n) is 5.11. The van der Waals surface area contributed by atoms with Crippen LogP contribution in [0, 0.1) is 0 Å². The highest BCUT2D eigenvalue weighted by Gasteiger charge is 2.40. The molecule has 0 atom stereocenters. The summed E-state index contributed by atoms with van der Waals surface area (Å²) < 4.78 is 0.